The van der Waals surface area contributed by atoms with E-state index in [9.17, 15) is 0 Å². The molecule has 5 heteroatoms. The predicted molar refractivity (Wildman–Crippen MR) is 80.8 cm³/mol. The van der Waals surface area contributed by atoms with E-state index in [1.54, 1.807) is 7.11 Å². The van der Waals surface area contributed by atoms with Crippen LogP contribution >= 0.6 is 0 Å². The molecular weight excluding hydrogens is 284 g/mol. The molecule has 0 aliphatic carbocycles. The molecule has 0 unspecified atom stereocenters. The van der Waals surface area contributed by atoms with Crippen molar-refractivity contribution in [2.45, 2.75) is 51.0 Å². The van der Waals surface area contributed by atoms with Gasteiger partial charge in [0.25, 0.3) is 0 Å². The first-order valence-electron chi connectivity index (χ1n) is 7.95. The zero-order valence-electron chi connectivity index (χ0n) is 13.2. The molecule has 5 nitrogen and oxygen atoms in total. The number of ether oxygens (including phenoxy) is 5. The second-order valence-electron chi connectivity index (χ2n) is 5.66. The summed E-state index contributed by atoms with van der Waals surface area (Å²) in [7, 11) is 1.67. The van der Waals surface area contributed by atoms with Gasteiger partial charge in [-0.05, 0) is 24.1 Å². The highest BCUT2D eigenvalue weighted by Gasteiger charge is 2.47. The third-order valence-corrected chi connectivity index (χ3v) is 4.09. The summed E-state index contributed by atoms with van der Waals surface area (Å²) in [5.41, 5.74) is 1.08. The molecular formula is C17H24O5. The lowest BCUT2D eigenvalue weighted by atomic mass is 10.1. The van der Waals surface area contributed by atoms with Crippen molar-refractivity contribution in [3.63, 3.8) is 0 Å². The van der Waals surface area contributed by atoms with E-state index in [4.69, 9.17) is 23.7 Å². The minimum absolute atomic E-state index is 0.0312. The van der Waals surface area contributed by atoms with Crippen LogP contribution in [0.2, 0.25) is 0 Å². The summed E-state index contributed by atoms with van der Waals surface area (Å²) < 4.78 is 28.8. The molecule has 0 bridgehead atoms. The van der Waals surface area contributed by atoms with Crippen LogP contribution in [0.5, 0.6) is 5.75 Å². The van der Waals surface area contributed by atoms with Crippen LogP contribution < -0.4 is 4.74 Å². The summed E-state index contributed by atoms with van der Waals surface area (Å²) >= 11 is 0. The Balaban J connectivity index is 1.65. The first-order valence-corrected chi connectivity index (χ1v) is 7.95. The van der Waals surface area contributed by atoms with E-state index in [1.807, 2.05) is 24.3 Å². The number of methoxy groups -OCH3 is 1. The summed E-state index contributed by atoms with van der Waals surface area (Å²) in [5.74, 6) is 0.837. The Morgan fingerprint density at radius 1 is 1.23 bits per heavy atom. The monoisotopic (exact) mass is 308 g/mol. The number of fused-ring (bicyclic) bond motifs is 1. The molecule has 0 spiro atoms. The second kappa shape index (κ2) is 7.42. The Labute approximate surface area is 131 Å². The van der Waals surface area contributed by atoms with E-state index >= 15 is 0 Å². The lowest BCUT2D eigenvalue weighted by Crippen LogP contribution is -2.42. The molecule has 4 atom stereocenters. The van der Waals surface area contributed by atoms with Crippen molar-refractivity contribution in [1.29, 1.82) is 0 Å². The number of benzene rings is 1. The van der Waals surface area contributed by atoms with Gasteiger partial charge in [0.2, 0.25) is 0 Å². The third kappa shape index (κ3) is 3.43. The minimum Gasteiger partial charge on any atom is -0.497 e. The van der Waals surface area contributed by atoms with Crippen molar-refractivity contribution in [2.24, 2.45) is 0 Å². The highest BCUT2D eigenvalue weighted by atomic mass is 16.7. The SMILES string of the molecule is CCC[C@H]1O[C@@H]2OCCO[C@@H]2[C@H]1OCc1cccc(OC)c1. The molecule has 3 rings (SSSR count). The van der Waals surface area contributed by atoms with Gasteiger partial charge in [-0.2, -0.15) is 0 Å². The molecule has 2 fully saturated rings. The van der Waals surface area contributed by atoms with Gasteiger partial charge >= 0.3 is 0 Å². The van der Waals surface area contributed by atoms with E-state index in [-0.39, 0.29) is 24.6 Å². The zero-order valence-corrected chi connectivity index (χ0v) is 13.2. The van der Waals surface area contributed by atoms with Crippen molar-refractivity contribution in [2.75, 3.05) is 20.3 Å². The molecule has 2 aliphatic rings. The maximum atomic E-state index is 6.14. The molecule has 0 aromatic heterocycles. The van der Waals surface area contributed by atoms with Crippen molar-refractivity contribution < 1.29 is 23.7 Å². The van der Waals surface area contributed by atoms with Gasteiger partial charge in [-0.25, -0.2) is 0 Å². The maximum Gasteiger partial charge on any atom is 0.186 e. The standard InChI is InChI=1S/C17H24O5/c1-3-5-14-15(16-17(22-14)20-9-8-19-16)21-11-12-6-4-7-13(10-12)18-2/h4,6-7,10,14-17H,3,5,8-9,11H2,1-2H3/t14-,15+,16-,17+/m1/s1. The van der Waals surface area contributed by atoms with Crippen molar-refractivity contribution >= 4 is 0 Å². The van der Waals surface area contributed by atoms with Gasteiger partial charge in [-0.3, -0.25) is 0 Å². The van der Waals surface area contributed by atoms with E-state index in [0.717, 1.165) is 24.2 Å². The summed E-state index contributed by atoms with van der Waals surface area (Å²) in [6.07, 6.45) is 1.52. The van der Waals surface area contributed by atoms with Crippen LogP contribution in [-0.4, -0.2) is 44.9 Å². The smallest absolute Gasteiger partial charge is 0.186 e. The fourth-order valence-electron chi connectivity index (χ4n) is 3.02. The Hall–Kier alpha value is -1.14. The molecule has 0 amide bonds. The van der Waals surface area contributed by atoms with E-state index in [1.165, 1.54) is 0 Å². The molecule has 1 aromatic rings. The van der Waals surface area contributed by atoms with Gasteiger partial charge < -0.3 is 23.7 Å². The van der Waals surface area contributed by atoms with Crippen molar-refractivity contribution in [1.82, 2.24) is 0 Å². The Bertz CT molecular complexity index is 478. The summed E-state index contributed by atoms with van der Waals surface area (Å²) in [6.45, 7) is 3.84. The second-order valence-corrected chi connectivity index (χ2v) is 5.66. The van der Waals surface area contributed by atoms with Crippen LogP contribution in [0.25, 0.3) is 0 Å². The molecule has 22 heavy (non-hydrogen) atoms. The van der Waals surface area contributed by atoms with Gasteiger partial charge in [0.15, 0.2) is 6.29 Å². The maximum absolute atomic E-state index is 6.14. The van der Waals surface area contributed by atoms with Crippen LogP contribution in [0.1, 0.15) is 25.3 Å². The molecule has 122 valence electrons. The fraction of sp³-hybridized carbons (Fsp3) is 0.647. The predicted octanol–water partition coefficient (Wildman–Crippen LogP) is 2.52. The highest BCUT2D eigenvalue weighted by molar-refractivity contribution is 5.27. The van der Waals surface area contributed by atoms with Crippen LogP contribution in [-0.2, 0) is 25.6 Å². The zero-order chi connectivity index (χ0) is 15.4. The first-order chi connectivity index (χ1) is 10.8. The minimum atomic E-state index is -0.291. The Morgan fingerprint density at radius 3 is 2.91 bits per heavy atom. The average Bonchev–Trinajstić information content (AvgIpc) is 2.91. The molecule has 2 saturated heterocycles. The molecule has 2 heterocycles. The van der Waals surface area contributed by atoms with Gasteiger partial charge in [-0.15, -0.1) is 0 Å². The summed E-state index contributed by atoms with van der Waals surface area (Å²) in [6, 6.07) is 7.91. The Morgan fingerprint density at radius 2 is 2.09 bits per heavy atom. The van der Waals surface area contributed by atoms with Crippen LogP contribution in [0.3, 0.4) is 0 Å². The van der Waals surface area contributed by atoms with Crippen LogP contribution in [0, 0.1) is 0 Å². The number of hydrogen-bond acceptors (Lipinski definition) is 5. The van der Waals surface area contributed by atoms with E-state index in [0.29, 0.717) is 19.8 Å². The lowest BCUT2D eigenvalue weighted by molar-refractivity contribution is -0.222. The third-order valence-electron chi connectivity index (χ3n) is 4.09. The average molecular weight is 308 g/mol. The molecule has 0 radical (unpaired) electrons. The highest BCUT2D eigenvalue weighted by Crippen LogP contribution is 2.32. The van der Waals surface area contributed by atoms with Gasteiger partial charge in [-0.1, -0.05) is 25.5 Å². The quantitative estimate of drug-likeness (QED) is 0.808. The molecule has 2 aliphatic heterocycles. The summed E-state index contributed by atoms with van der Waals surface area (Å²) in [5, 5.41) is 0. The van der Waals surface area contributed by atoms with Crippen LogP contribution in [0.4, 0.5) is 0 Å². The van der Waals surface area contributed by atoms with Crippen molar-refractivity contribution in [3.05, 3.63) is 29.8 Å². The van der Waals surface area contributed by atoms with Gasteiger partial charge in [0, 0.05) is 0 Å². The largest absolute Gasteiger partial charge is 0.497 e. The summed E-state index contributed by atoms with van der Waals surface area (Å²) in [4.78, 5) is 0. The Kier molecular flexibility index (Phi) is 5.31. The number of rotatable bonds is 6. The van der Waals surface area contributed by atoms with E-state index in [2.05, 4.69) is 6.92 Å². The van der Waals surface area contributed by atoms with E-state index < -0.39 is 0 Å². The molecule has 0 N–H and O–H groups in total. The van der Waals surface area contributed by atoms with Crippen LogP contribution in [0.15, 0.2) is 24.3 Å². The number of hydrogen-bond donors (Lipinski definition) is 0. The molecule has 0 saturated carbocycles. The van der Waals surface area contributed by atoms with Gasteiger partial charge in [0.1, 0.15) is 18.0 Å². The first kappa shape index (κ1) is 15.7. The fourth-order valence-corrected chi connectivity index (χ4v) is 3.02. The molecule has 1 aromatic carbocycles. The van der Waals surface area contributed by atoms with Gasteiger partial charge in [0.05, 0.1) is 33.0 Å². The lowest BCUT2D eigenvalue weighted by Gasteiger charge is -2.28. The normalized spacial score (nSPS) is 31.0. The van der Waals surface area contributed by atoms with Crippen molar-refractivity contribution in [3.8, 4) is 5.75 Å². The topological polar surface area (TPSA) is 46.2 Å².